The first-order valence-corrected chi connectivity index (χ1v) is 8.96. The van der Waals surface area contributed by atoms with E-state index in [1.54, 1.807) is 24.3 Å². The molecule has 0 heterocycles. The number of rotatable bonds is 7. The normalized spacial score (nSPS) is 10.8. The van der Waals surface area contributed by atoms with E-state index in [1.807, 2.05) is 52.0 Å². The molecule has 2 aromatic carbocycles. The van der Waals surface area contributed by atoms with Crippen LogP contribution in [0, 0.1) is 0 Å². The van der Waals surface area contributed by atoms with Crippen molar-refractivity contribution in [2.24, 2.45) is 0 Å². The lowest BCUT2D eigenvalue weighted by atomic mass is 10.1. The van der Waals surface area contributed by atoms with E-state index in [9.17, 15) is 9.59 Å². The Morgan fingerprint density at radius 1 is 1.04 bits per heavy atom. The number of nitrogens with one attached hydrogen (secondary N) is 3. The van der Waals surface area contributed by atoms with Gasteiger partial charge in [-0.15, -0.1) is 0 Å². The molecule has 0 spiro atoms. The molecule has 0 aliphatic heterocycles. The first-order chi connectivity index (χ1) is 12.8. The first kappa shape index (κ1) is 20.3. The molecule has 2 aromatic rings. The molecule has 0 radical (unpaired) electrons. The molecule has 0 saturated heterocycles. The van der Waals surface area contributed by atoms with E-state index >= 15 is 0 Å². The minimum atomic E-state index is -0.325. The van der Waals surface area contributed by atoms with Gasteiger partial charge in [0, 0.05) is 16.8 Å². The van der Waals surface area contributed by atoms with E-state index in [0.717, 1.165) is 5.69 Å². The third-order valence-electron chi connectivity index (χ3n) is 3.52. The average Bonchev–Trinajstić information content (AvgIpc) is 2.60. The van der Waals surface area contributed by atoms with E-state index in [-0.39, 0.29) is 23.9 Å². The molecule has 6 heteroatoms. The Morgan fingerprint density at radius 2 is 1.78 bits per heavy atom. The Morgan fingerprint density at radius 3 is 2.48 bits per heavy atom. The SMILES string of the molecule is CCOc1ccccc1NCC(=O)Nc1cccc(C(=O)NC(C)(C)C)c1. The van der Waals surface area contributed by atoms with Crippen molar-refractivity contribution in [2.45, 2.75) is 33.2 Å². The number of carbonyl (C=O) groups is 2. The van der Waals surface area contributed by atoms with Gasteiger partial charge in [0.1, 0.15) is 5.75 Å². The topological polar surface area (TPSA) is 79.5 Å². The summed E-state index contributed by atoms with van der Waals surface area (Å²) in [7, 11) is 0. The molecule has 0 saturated carbocycles. The van der Waals surface area contributed by atoms with Gasteiger partial charge >= 0.3 is 0 Å². The van der Waals surface area contributed by atoms with Crippen LogP contribution in [0.2, 0.25) is 0 Å². The minimum absolute atomic E-state index is 0.0858. The quantitative estimate of drug-likeness (QED) is 0.696. The molecule has 2 amide bonds. The number of carbonyl (C=O) groups excluding carboxylic acids is 2. The first-order valence-electron chi connectivity index (χ1n) is 8.96. The fourth-order valence-electron chi connectivity index (χ4n) is 2.43. The predicted molar refractivity (Wildman–Crippen MR) is 108 cm³/mol. The van der Waals surface area contributed by atoms with Crippen LogP contribution in [0.4, 0.5) is 11.4 Å². The van der Waals surface area contributed by atoms with E-state index in [1.165, 1.54) is 0 Å². The fraction of sp³-hybridized carbons (Fsp3) is 0.333. The third kappa shape index (κ3) is 6.66. The van der Waals surface area contributed by atoms with Crippen molar-refractivity contribution in [3.05, 3.63) is 54.1 Å². The van der Waals surface area contributed by atoms with Crippen LogP contribution in [0.3, 0.4) is 0 Å². The number of hydrogen-bond acceptors (Lipinski definition) is 4. The van der Waals surface area contributed by atoms with Crippen molar-refractivity contribution >= 4 is 23.2 Å². The molecule has 0 fully saturated rings. The Hall–Kier alpha value is -3.02. The standard InChI is InChI=1S/C21H27N3O3/c1-5-27-18-12-7-6-11-17(18)22-14-19(25)23-16-10-8-9-15(13-16)20(26)24-21(2,3)4/h6-13,22H,5,14H2,1-4H3,(H,23,25)(H,24,26). The van der Waals surface area contributed by atoms with E-state index in [2.05, 4.69) is 16.0 Å². The average molecular weight is 369 g/mol. The highest BCUT2D eigenvalue weighted by Gasteiger charge is 2.15. The second kappa shape index (κ2) is 9.07. The van der Waals surface area contributed by atoms with Crippen molar-refractivity contribution in [1.29, 1.82) is 0 Å². The minimum Gasteiger partial charge on any atom is -0.492 e. The van der Waals surface area contributed by atoms with E-state index < -0.39 is 0 Å². The summed E-state index contributed by atoms with van der Waals surface area (Å²) in [5.74, 6) is 0.311. The van der Waals surface area contributed by atoms with Gasteiger partial charge in [-0.2, -0.15) is 0 Å². The molecular formula is C21H27N3O3. The summed E-state index contributed by atoms with van der Waals surface area (Å²) in [6.07, 6.45) is 0. The molecule has 2 rings (SSSR count). The maximum atomic E-state index is 12.3. The lowest BCUT2D eigenvalue weighted by Crippen LogP contribution is -2.40. The van der Waals surface area contributed by atoms with Crippen LogP contribution in [0.25, 0.3) is 0 Å². The summed E-state index contributed by atoms with van der Waals surface area (Å²) in [6, 6.07) is 14.3. The molecular weight excluding hydrogens is 342 g/mol. The molecule has 0 bridgehead atoms. The summed E-state index contributed by atoms with van der Waals surface area (Å²) in [5, 5.41) is 8.77. The molecule has 3 N–H and O–H groups in total. The Labute approximate surface area is 160 Å². The Bertz CT molecular complexity index is 797. The maximum Gasteiger partial charge on any atom is 0.251 e. The second-order valence-corrected chi connectivity index (χ2v) is 7.12. The zero-order chi connectivity index (χ0) is 19.9. The van der Waals surface area contributed by atoms with Crippen LogP contribution in [0.5, 0.6) is 5.75 Å². The van der Waals surface area contributed by atoms with Gasteiger partial charge in [0.25, 0.3) is 5.91 Å². The van der Waals surface area contributed by atoms with Gasteiger partial charge in [0.2, 0.25) is 5.91 Å². The van der Waals surface area contributed by atoms with Crippen molar-refractivity contribution < 1.29 is 14.3 Å². The summed E-state index contributed by atoms with van der Waals surface area (Å²) >= 11 is 0. The number of benzene rings is 2. The molecule has 0 aliphatic rings. The van der Waals surface area contributed by atoms with E-state index in [0.29, 0.717) is 23.6 Å². The van der Waals surface area contributed by atoms with Crippen molar-refractivity contribution in [1.82, 2.24) is 5.32 Å². The van der Waals surface area contributed by atoms with Crippen LogP contribution in [0.1, 0.15) is 38.1 Å². The maximum absolute atomic E-state index is 12.3. The number of ether oxygens (including phenoxy) is 1. The van der Waals surface area contributed by atoms with Crippen molar-refractivity contribution in [2.75, 3.05) is 23.8 Å². The lowest BCUT2D eigenvalue weighted by molar-refractivity contribution is -0.114. The zero-order valence-corrected chi connectivity index (χ0v) is 16.3. The number of para-hydroxylation sites is 2. The summed E-state index contributed by atoms with van der Waals surface area (Å²) in [6.45, 7) is 8.30. The van der Waals surface area contributed by atoms with Crippen LogP contribution in [-0.2, 0) is 4.79 Å². The largest absolute Gasteiger partial charge is 0.492 e. The van der Waals surface area contributed by atoms with Gasteiger partial charge in [-0.25, -0.2) is 0 Å². The van der Waals surface area contributed by atoms with E-state index in [4.69, 9.17) is 4.74 Å². The summed E-state index contributed by atoms with van der Waals surface area (Å²) in [4.78, 5) is 24.5. The van der Waals surface area contributed by atoms with Crippen molar-refractivity contribution in [3.8, 4) is 5.75 Å². The molecule has 27 heavy (non-hydrogen) atoms. The highest BCUT2D eigenvalue weighted by molar-refractivity contribution is 5.98. The van der Waals surface area contributed by atoms with Crippen LogP contribution < -0.4 is 20.7 Å². The number of hydrogen-bond donors (Lipinski definition) is 3. The second-order valence-electron chi connectivity index (χ2n) is 7.12. The van der Waals surface area contributed by atoms with Crippen LogP contribution in [0.15, 0.2) is 48.5 Å². The smallest absolute Gasteiger partial charge is 0.251 e. The summed E-state index contributed by atoms with van der Waals surface area (Å²) in [5.41, 5.74) is 1.50. The fourth-order valence-corrected chi connectivity index (χ4v) is 2.43. The lowest BCUT2D eigenvalue weighted by Gasteiger charge is -2.20. The van der Waals surface area contributed by atoms with Gasteiger partial charge < -0.3 is 20.7 Å². The molecule has 0 aliphatic carbocycles. The molecule has 6 nitrogen and oxygen atoms in total. The number of anilines is 2. The van der Waals surface area contributed by atoms with Crippen LogP contribution >= 0.6 is 0 Å². The van der Waals surface area contributed by atoms with Gasteiger partial charge in [0.15, 0.2) is 0 Å². The third-order valence-corrected chi connectivity index (χ3v) is 3.52. The highest BCUT2D eigenvalue weighted by Crippen LogP contribution is 2.23. The van der Waals surface area contributed by atoms with Crippen LogP contribution in [-0.4, -0.2) is 30.5 Å². The predicted octanol–water partition coefficient (Wildman–Crippen LogP) is 3.66. The molecule has 0 aromatic heterocycles. The molecule has 144 valence electrons. The Balaban J connectivity index is 1.96. The molecule has 0 atom stereocenters. The van der Waals surface area contributed by atoms with Crippen molar-refractivity contribution in [3.63, 3.8) is 0 Å². The van der Waals surface area contributed by atoms with Gasteiger partial charge in [-0.3, -0.25) is 9.59 Å². The molecule has 0 unspecified atom stereocenters. The Kier molecular flexibility index (Phi) is 6.82. The van der Waals surface area contributed by atoms with Gasteiger partial charge in [-0.1, -0.05) is 18.2 Å². The zero-order valence-electron chi connectivity index (χ0n) is 16.3. The monoisotopic (exact) mass is 369 g/mol. The van der Waals surface area contributed by atoms with Gasteiger partial charge in [-0.05, 0) is 58.0 Å². The highest BCUT2D eigenvalue weighted by atomic mass is 16.5. The summed E-state index contributed by atoms with van der Waals surface area (Å²) < 4.78 is 5.53. The number of amides is 2. The van der Waals surface area contributed by atoms with Gasteiger partial charge in [0.05, 0.1) is 18.8 Å².